The molecule has 1 N–H and O–H groups in total. The minimum Gasteiger partial charge on any atom is -0.372 e. The molecule has 3 heteroatoms. The number of ether oxygens (including phenoxy) is 1. The second kappa shape index (κ2) is 6.19. The van der Waals surface area contributed by atoms with Crippen molar-refractivity contribution in [3.05, 3.63) is 35.9 Å². The predicted octanol–water partition coefficient (Wildman–Crippen LogP) is 1.38. The highest BCUT2D eigenvalue weighted by Gasteiger charge is 2.09. The second-order valence-corrected chi connectivity index (χ2v) is 3.40. The van der Waals surface area contributed by atoms with Gasteiger partial charge in [0.05, 0.1) is 0 Å². The van der Waals surface area contributed by atoms with Crippen molar-refractivity contribution in [3.8, 4) is 0 Å². The van der Waals surface area contributed by atoms with Gasteiger partial charge >= 0.3 is 0 Å². The van der Waals surface area contributed by atoms with Crippen molar-refractivity contribution < 1.29 is 9.53 Å². The van der Waals surface area contributed by atoms with E-state index in [-0.39, 0.29) is 12.0 Å². The normalized spacial score (nSPS) is 12.1. The molecule has 0 aliphatic heterocycles. The van der Waals surface area contributed by atoms with E-state index in [9.17, 15) is 4.79 Å². The second-order valence-electron chi connectivity index (χ2n) is 3.40. The molecule has 0 aliphatic carbocycles. The number of benzene rings is 1. The lowest BCUT2D eigenvalue weighted by molar-refractivity contribution is -0.129. The van der Waals surface area contributed by atoms with Crippen molar-refractivity contribution in [3.63, 3.8) is 0 Å². The van der Waals surface area contributed by atoms with Gasteiger partial charge < -0.3 is 10.1 Å². The zero-order valence-corrected chi connectivity index (χ0v) is 9.19. The molecule has 1 aromatic rings. The molecule has 0 heterocycles. The average Bonchev–Trinajstić information content (AvgIpc) is 2.29. The fraction of sp³-hybridized carbons (Fsp3) is 0.417. The van der Waals surface area contributed by atoms with Crippen molar-refractivity contribution in [2.45, 2.75) is 19.4 Å². The highest BCUT2D eigenvalue weighted by atomic mass is 16.5. The summed E-state index contributed by atoms with van der Waals surface area (Å²) in [6, 6.07) is 10.1. The molecule has 1 amide bonds. The van der Waals surface area contributed by atoms with Gasteiger partial charge in [-0.25, -0.2) is 0 Å². The fourth-order valence-corrected chi connectivity index (χ4v) is 1.23. The van der Waals surface area contributed by atoms with Crippen LogP contribution in [0.1, 0.15) is 12.5 Å². The van der Waals surface area contributed by atoms with E-state index >= 15 is 0 Å². The molecule has 1 rings (SSSR count). The van der Waals surface area contributed by atoms with Crippen molar-refractivity contribution in [1.29, 1.82) is 0 Å². The Labute approximate surface area is 90.4 Å². The molecular weight excluding hydrogens is 190 g/mol. The number of methoxy groups -OCH3 is 1. The molecular formula is C12H17NO2. The summed E-state index contributed by atoms with van der Waals surface area (Å²) in [5.74, 6) is -0.0616. The molecule has 1 aromatic carbocycles. The molecule has 0 spiro atoms. The van der Waals surface area contributed by atoms with Gasteiger partial charge in [-0.3, -0.25) is 4.79 Å². The Hall–Kier alpha value is -1.35. The van der Waals surface area contributed by atoms with Crippen LogP contribution in [0.5, 0.6) is 0 Å². The van der Waals surface area contributed by atoms with Crippen LogP contribution in [0, 0.1) is 0 Å². The summed E-state index contributed by atoms with van der Waals surface area (Å²) >= 11 is 0. The summed E-state index contributed by atoms with van der Waals surface area (Å²) in [5.41, 5.74) is 1.22. The number of hydrogen-bond donors (Lipinski definition) is 1. The van der Waals surface area contributed by atoms with Crippen LogP contribution in [0.2, 0.25) is 0 Å². The Morgan fingerprint density at radius 3 is 2.67 bits per heavy atom. The molecule has 82 valence electrons. The SMILES string of the molecule is COC(C)C(=O)NCCc1ccccc1. The fourth-order valence-electron chi connectivity index (χ4n) is 1.23. The molecule has 0 aliphatic rings. The zero-order chi connectivity index (χ0) is 11.1. The third-order valence-electron chi connectivity index (χ3n) is 2.28. The molecule has 0 bridgehead atoms. The van der Waals surface area contributed by atoms with E-state index in [1.165, 1.54) is 12.7 Å². The van der Waals surface area contributed by atoms with Gasteiger partial charge in [0.15, 0.2) is 0 Å². The monoisotopic (exact) mass is 207 g/mol. The van der Waals surface area contributed by atoms with Crippen molar-refractivity contribution >= 4 is 5.91 Å². The largest absolute Gasteiger partial charge is 0.372 e. The molecule has 1 atom stereocenters. The quantitative estimate of drug-likeness (QED) is 0.792. The smallest absolute Gasteiger partial charge is 0.248 e. The standard InChI is InChI=1S/C12H17NO2/c1-10(15-2)12(14)13-9-8-11-6-4-3-5-7-11/h3-7,10H,8-9H2,1-2H3,(H,13,14). The van der Waals surface area contributed by atoms with E-state index in [0.717, 1.165) is 6.42 Å². The minimum atomic E-state index is -0.374. The zero-order valence-electron chi connectivity index (χ0n) is 9.19. The molecule has 0 saturated carbocycles. The first-order valence-electron chi connectivity index (χ1n) is 5.08. The van der Waals surface area contributed by atoms with Crippen LogP contribution < -0.4 is 5.32 Å². The van der Waals surface area contributed by atoms with E-state index in [1.54, 1.807) is 6.92 Å². The number of carbonyl (C=O) groups excluding carboxylic acids is 1. The number of carbonyl (C=O) groups is 1. The highest BCUT2D eigenvalue weighted by Crippen LogP contribution is 1.98. The third kappa shape index (κ3) is 4.13. The number of rotatable bonds is 5. The lowest BCUT2D eigenvalue weighted by Gasteiger charge is -2.10. The van der Waals surface area contributed by atoms with Crippen LogP contribution >= 0.6 is 0 Å². The van der Waals surface area contributed by atoms with E-state index in [0.29, 0.717) is 6.54 Å². The first kappa shape index (κ1) is 11.7. The van der Waals surface area contributed by atoms with E-state index in [4.69, 9.17) is 4.74 Å². The number of amides is 1. The Kier molecular flexibility index (Phi) is 4.84. The molecule has 0 aromatic heterocycles. The molecule has 0 radical (unpaired) electrons. The number of hydrogen-bond acceptors (Lipinski definition) is 2. The van der Waals surface area contributed by atoms with Crippen LogP contribution in [0.4, 0.5) is 0 Å². The van der Waals surface area contributed by atoms with Crippen molar-refractivity contribution in [1.82, 2.24) is 5.32 Å². The van der Waals surface area contributed by atoms with Gasteiger partial charge in [-0.1, -0.05) is 30.3 Å². The maximum absolute atomic E-state index is 11.3. The summed E-state index contributed by atoms with van der Waals surface area (Å²) in [6.45, 7) is 2.38. The lowest BCUT2D eigenvalue weighted by Crippen LogP contribution is -2.35. The number of nitrogens with one attached hydrogen (secondary N) is 1. The molecule has 1 unspecified atom stereocenters. The molecule has 3 nitrogen and oxygen atoms in total. The van der Waals surface area contributed by atoms with Crippen LogP contribution in [0.25, 0.3) is 0 Å². The van der Waals surface area contributed by atoms with Gasteiger partial charge in [-0.05, 0) is 18.9 Å². The van der Waals surface area contributed by atoms with Crippen molar-refractivity contribution in [2.75, 3.05) is 13.7 Å². The van der Waals surface area contributed by atoms with E-state index in [1.807, 2.05) is 30.3 Å². The Morgan fingerprint density at radius 1 is 1.40 bits per heavy atom. The highest BCUT2D eigenvalue weighted by molar-refractivity contribution is 5.80. The minimum absolute atomic E-state index is 0.0616. The topological polar surface area (TPSA) is 38.3 Å². The molecule has 15 heavy (non-hydrogen) atoms. The molecule has 0 fully saturated rings. The lowest BCUT2D eigenvalue weighted by atomic mass is 10.1. The van der Waals surface area contributed by atoms with Gasteiger partial charge in [-0.2, -0.15) is 0 Å². The van der Waals surface area contributed by atoms with Crippen molar-refractivity contribution in [2.24, 2.45) is 0 Å². The Balaban J connectivity index is 2.25. The van der Waals surface area contributed by atoms with Crippen LogP contribution in [-0.2, 0) is 16.0 Å². The van der Waals surface area contributed by atoms with Gasteiger partial charge in [0.1, 0.15) is 6.10 Å². The summed E-state index contributed by atoms with van der Waals surface area (Å²) in [4.78, 5) is 11.3. The van der Waals surface area contributed by atoms with E-state index < -0.39 is 0 Å². The van der Waals surface area contributed by atoms with Gasteiger partial charge in [-0.15, -0.1) is 0 Å². The van der Waals surface area contributed by atoms with Gasteiger partial charge in [0, 0.05) is 13.7 Å². The molecule has 0 saturated heterocycles. The first-order chi connectivity index (χ1) is 7.24. The maximum atomic E-state index is 11.3. The summed E-state index contributed by atoms with van der Waals surface area (Å²) in [6.07, 6.45) is 0.476. The maximum Gasteiger partial charge on any atom is 0.248 e. The first-order valence-corrected chi connectivity index (χ1v) is 5.08. The summed E-state index contributed by atoms with van der Waals surface area (Å²) < 4.78 is 4.90. The van der Waals surface area contributed by atoms with Crippen LogP contribution in [0.3, 0.4) is 0 Å². The van der Waals surface area contributed by atoms with Gasteiger partial charge in [0.25, 0.3) is 0 Å². The average molecular weight is 207 g/mol. The van der Waals surface area contributed by atoms with Crippen LogP contribution in [-0.4, -0.2) is 25.7 Å². The van der Waals surface area contributed by atoms with Gasteiger partial charge in [0.2, 0.25) is 5.91 Å². The third-order valence-corrected chi connectivity index (χ3v) is 2.28. The Morgan fingerprint density at radius 2 is 2.07 bits per heavy atom. The predicted molar refractivity (Wildman–Crippen MR) is 59.6 cm³/mol. The summed E-state index contributed by atoms with van der Waals surface area (Å²) in [7, 11) is 1.53. The van der Waals surface area contributed by atoms with E-state index in [2.05, 4.69) is 5.32 Å². The Bertz CT molecular complexity index is 298. The summed E-state index contributed by atoms with van der Waals surface area (Å²) in [5, 5.41) is 2.82. The van der Waals surface area contributed by atoms with Crippen LogP contribution in [0.15, 0.2) is 30.3 Å².